The van der Waals surface area contributed by atoms with E-state index in [1.54, 1.807) is 6.92 Å². The van der Waals surface area contributed by atoms with E-state index in [-0.39, 0.29) is 30.6 Å². The zero-order valence-electron chi connectivity index (χ0n) is 12.4. The van der Waals surface area contributed by atoms with Crippen LogP contribution in [0.15, 0.2) is 42.5 Å². The molecule has 0 fully saturated rings. The van der Waals surface area contributed by atoms with Crippen molar-refractivity contribution in [1.82, 2.24) is 5.32 Å². The first-order valence-electron chi connectivity index (χ1n) is 6.89. The van der Waals surface area contributed by atoms with Gasteiger partial charge in [0.1, 0.15) is 18.2 Å². The molecule has 23 heavy (non-hydrogen) atoms. The summed E-state index contributed by atoms with van der Waals surface area (Å²) in [4.78, 5) is 22.2. The van der Waals surface area contributed by atoms with Crippen molar-refractivity contribution >= 4 is 11.6 Å². The van der Waals surface area contributed by atoms with Crippen LogP contribution in [0.3, 0.4) is 0 Å². The lowest BCUT2D eigenvalue weighted by molar-refractivity contribution is -0.385. The Hall–Kier alpha value is -2.96. The molecule has 0 saturated carbocycles. The summed E-state index contributed by atoms with van der Waals surface area (Å²) < 4.78 is 18.1. The molecular formula is C16H15FN2O4. The van der Waals surface area contributed by atoms with E-state index in [1.807, 2.05) is 0 Å². The molecule has 7 heteroatoms. The minimum absolute atomic E-state index is 0.0267. The van der Waals surface area contributed by atoms with Crippen LogP contribution >= 0.6 is 0 Å². The number of hydrogen-bond acceptors (Lipinski definition) is 4. The van der Waals surface area contributed by atoms with E-state index >= 15 is 0 Å². The number of rotatable bonds is 6. The van der Waals surface area contributed by atoms with Crippen LogP contribution in [0.4, 0.5) is 10.1 Å². The van der Waals surface area contributed by atoms with Crippen LogP contribution in [-0.4, -0.2) is 24.0 Å². The highest BCUT2D eigenvalue weighted by Crippen LogP contribution is 2.18. The number of carbonyl (C=O) groups is 1. The first kappa shape index (κ1) is 16.4. The number of halogens is 1. The van der Waals surface area contributed by atoms with Gasteiger partial charge in [0.25, 0.3) is 11.6 Å². The lowest BCUT2D eigenvalue weighted by atomic mass is 10.1. The van der Waals surface area contributed by atoms with E-state index in [0.717, 1.165) is 0 Å². The van der Waals surface area contributed by atoms with Gasteiger partial charge >= 0.3 is 0 Å². The fourth-order valence-corrected chi connectivity index (χ4v) is 1.97. The molecule has 0 aromatic heterocycles. The number of ether oxygens (including phenoxy) is 1. The fraction of sp³-hybridized carbons (Fsp3) is 0.188. The summed E-state index contributed by atoms with van der Waals surface area (Å²) in [6, 6.07) is 9.74. The highest BCUT2D eigenvalue weighted by molar-refractivity contribution is 5.94. The molecule has 0 spiro atoms. The van der Waals surface area contributed by atoms with E-state index in [4.69, 9.17) is 4.74 Å². The van der Waals surface area contributed by atoms with E-state index in [2.05, 4.69) is 5.32 Å². The number of hydrogen-bond donors (Lipinski definition) is 1. The van der Waals surface area contributed by atoms with Crippen molar-refractivity contribution in [2.24, 2.45) is 0 Å². The molecule has 6 nitrogen and oxygen atoms in total. The Morgan fingerprint density at radius 1 is 1.26 bits per heavy atom. The third-order valence-electron chi connectivity index (χ3n) is 3.13. The van der Waals surface area contributed by atoms with Gasteiger partial charge in [-0.2, -0.15) is 0 Å². The van der Waals surface area contributed by atoms with Crippen molar-refractivity contribution in [2.45, 2.75) is 6.92 Å². The zero-order chi connectivity index (χ0) is 16.8. The second-order valence-corrected chi connectivity index (χ2v) is 4.82. The predicted molar refractivity (Wildman–Crippen MR) is 82.1 cm³/mol. The van der Waals surface area contributed by atoms with E-state index in [0.29, 0.717) is 16.9 Å². The van der Waals surface area contributed by atoms with Crippen LogP contribution in [0.2, 0.25) is 0 Å². The number of nitro groups is 1. The van der Waals surface area contributed by atoms with Gasteiger partial charge in [0, 0.05) is 17.2 Å². The molecule has 0 aliphatic heterocycles. The number of benzene rings is 2. The number of amides is 1. The summed E-state index contributed by atoms with van der Waals surface area (Å²) in [5, 5.41) is 13.4. The molecule has 0 unspecified atom stereocenters. The maximum atomic E-state index is 12.7. The largest absolute Gasteiger partial charge is 0.492 e. The first-order valence-corrected chi connectivity index (χ1v) is 6.89. The number of nitro benzene ring substituents is 1. The number of aryl methyl sites for hydroxylation is 1. The Morgan fingerprint density at radius 2 is 1.96 bits per heavy atom. The van der Waals surface area contributed by atoms with Gasteiger partial charge in [-0.1, -0.05) is 0 Å². The highest BCUT2D eigenvalue weighted by atomic mass is 19.1. The Balaban J connectivity index is 1.84. The van der Waals surface area contributed by atoms with Gasteiger partial charge in [0.15, 0.2) is 0 Å². The Bertz CT molecular complexity index is 717. The minimum atomic E-state index is -0.493. The van der Waals surface area contributed by atoms with Crippen molar-refractivity contribution in [3.8, 4) is 5.75 Å². The third-order valence-corrected chi connectivity index (χ3v) is 3.13. The van der Waals surface area contributed by atoms with Crippen molar-refractivity contribution in [1.29, 1.82) is 0 Å². The van der Waals surface area contributed by atoms with Crippen LogP contribution < -0.4 is 10.1 Å². The topological polar surface area (TPSA) is 81.5 Å². The molecule has 0 aliphatic rings. The summed E-state index contributed by atoms with van der Waals surface area (Å²) in [6.45, 7) is 2.06. The lowest BCUT2D eigenvalue weighted by Crippen LogP contribution is -2.28. The summed E-state index contributed by atoms with van der Waals surface area (Å²) >= 11 is 0. The summed E-state index contributed by atoms with van der Waals surface area (Å²) in [6.07, 6.45) is 0. The monoisotopic (exact) mass is 318 g/mol. The van der Waals surface area contributed by atoms with Crippen molar-refractivity contribution in [2.75, 3.05) is 13.2 Å². The molecule has 0 saturated heterocycles. The summed E-state index contributed by atoms with van der Waals surface area (Å²) in [5.41, 5.74) is 0.737. The molecule has 120 valence electrons. The zero-order valence-corrected chi connectivity index (χ0v) is 12.4. The maximum absolute atomic E-state index is 12.7. The number of nitrogens with one attached hydrogen (secondary N) is 1. The normalized spacial score (nSPS) is 10.2. The first-order chi connectivity index (χ1) is 11.0. The maximum Gasteiger partial charge on any atom is 0.272 e. The molecule has 0 bridgehead atoms. The molecule has 1 amide bonds. The van der Waals surface area contributed by atoms with Crippen molar-refractivity contribution < 1.29 is 18.8 Å². The van der Waals surface area contributed by atoms with E-state index in [1.165, 1.54) is 42.5 Å². The molecule has 0 radical (unpaired) electrons. The van der Waals surface area contributed by atoms with Gasteiger partial charge in [0.2, 0.25) is 0 Å². The number of carbonyl (C=O) groups excluding carboxylic acids is 1. The molecular weight excluding hydrogens is 303 g/mol. The lowest BCUT2D eigenvalue weighted by Gasteiger charge is -2.08. The van der Waals surface area contributed by atoms with Crippen molar-refractivity contribution in [3.05, 3.63) is 69.5 Å². The van der Waals surface area contributed by atoms with Crippen LogP contribution in [0.1, 0.15) is 15.9 Å². The van der Waals surface area contributed by atoms with Gasteiger partial charge in [0.05, 0.1) is 11.5 Å². The minimum Gasteiger partial charge on any atom is -0.492 e. The van der Waals surface area contributed by atoms with Gasteiger partial charge in [-0.25, -0.2) is 4.39 Å². The van der Waals surface area contributed by atoms with Crippen LogP contribution in [-0.2, 0) is 0 Å². The molecule has 0 aliphatic carbocycles. The molecule has 1 N–H and O–H groups in total. The SMILES string of the molecule is Cc1cc(C(=O)NCCOc2ccc(F)cc2)ccc1[N+](=O)[O-]. The van der Waals surface area contributed by atoms with Crippen molar-refractivity contribution in [3.63, 3.8) is 0 Å². The predicted octanol–water partition coefficient (Wildman–Crippen LogP) is 2.85. The third kappa shape index (κ3) is 4.50. The molecule has 2 aromatic rings. The quantitative estimate of drug-likeness (QED) is 0.504. The fourth-order valence-electron chi connectivity index (χ4n) is 1.97. The Kier molecular flexibility index (Phi) is 5.24. The van der Waals surface area contributed by atoms with Gasteiger partial charge in [-0.15, -0.1) is 0 Å². The summed E-state index contributed by atoms with van der Waals surface area (Å²) in [5.74, 6) is -0.184. The molecule has 2 rings (SSSR count). The number of nitrogens with zero attached hydrogens (tertiary/aromatic N) is 1. The molecule has 2 aromatic carbocycles. The second kappa shape index (κ2) is 7.35. The summed E-state index contributed by atoms with van der Waals surface area (Å²) in [7, 11) is 0. The van der Waals surface area contributed by atoms with Crippen LogP contribution in [0.5, 0.6) is 5.75 Å². The van der Waals surface area contributed by atoms with Crippen LogP contribution in [0, 0.1) is 22.9 Å². The van der Waals surface area contributed by atoms with Gasteiger partial charge < -0.3 is 10.1 Å². The van der Waals surface area contributed by atoms with Gasteiger partial charge in [-0.3, -0.25) is 14.9 Å². The smallest absolute Gasteiger partial charge is 0.272 e. The average Bonchev–Trinajstić information content (AvgIpc) is 2.52. The molecule has 0 atom stereocenters. The highest BCUT2D eigenvalue weighted by Gasteiger charge is 2.13. The van der Waals surface area contributed by atoms with Crippen LogP contribution in [0.25, 0.3) is 0 Å². The molecule has 0 heterocycles. The standard InChI is InChI=1S/C16H15FN2O4/c1-11-10-12(2-7-15(11)19(21)22)16(20)18-8-9-23-14-5-3-13(17)4-6-14/h2-7,10H,8-9H2,1H3,(H,18,20). The average molecular weight is 318 g/mol. The Labute approximate surface area is 132 Å². The van der Waals surface area contributed by atoms with E-state index < -0.39 is 4.92 Å². The van der Waals surface area contributed by atoms with E-state index in [9.17, 15) is 19.3 Å². The Morgan fingerprint density at radius 3 is 2.57 bits per heavy atom. The van der Waals surface area contributed by atoms with Gasteiger partial charge in [-0.05, 0) is 43.3 Å². The second-order valence-electron chi connectivity index (χ2n) is 4.82.